The summed E-state index contributed by atoms with van der Waals surface area (Å²) in [7, 11) is -2.40. The second-order valence-corrected chi connectivity index (χ2v) is 3.15. The third kappa shape index (κ3) is 2.88. The van der Waals surface area contributed by atoms with E-state index in [0.29, 0.717) is 6.42 Å². The topological polar surface area (TPSA) is 34.1 Å². The quantitative estimate of drug-likeness (QED) is 0.452. The molecule has 0 aromatic carbocycles. The Labute approximate surface area is 49.4 Å². The van der Waals surface area contributed by atoms with Gasteiger partial charge in [-0.05, 0) is 6.42 Å². The Kier molecular flexibility index (Phi) is 3.38. The molecule has 0 aromatic rings. The van der Waals surface area contributed by atoms with Crippen molar-refractivity contribution in [3.63, 3.8) is 0 Å². The van der Waals surface area contributed by atoms with E-state index >= 15 is 0 Å². The van der Waals surface area contributed by atoms with Gasteiger partial charge in [-0.2, -0.15) is 0 Å². The fourth-order valence-corrected chi connectivity index (χ4v) is 0.447. The number of hydrogen-bond donors (Lipinski definition) is 1. The van der Waals surface area contributed by atoms with Gasteiger partial charge in [0.1, 0.15) is 4.71 Å². The summed E-state index contributed by atoms with van der Waals surface area (Å²) < 4.78 is 19.0. The molecular formula is C3H7ClO2S. The molecule has 0 saturated carbocycles. The molecule has 7 heavy (non-hydrogen) atoms. The second kappa shape index (κ2) is 3.27. The lowest BCUT2D eigenvalue weighted by molar-refractivity contribution is 0.610. The predicted octanol–water partition coefficient (Wildman–Crippen LogP) is 0.573. The number of alkyl halides is 1. The Bertz CT molecular complexity index is 102. The normalized spacial score (nSPS) is 14.7. The highest BCUT2D eigenvalue weighted by Gasteiger charge is 1.99. The van der Waals surface area contributed by atoms with Crippen LogP contribution in [-0.4, -0.2) is 13.1 Å². The monoisotopic (exact) mass is 142 g/mol. The van der Waals surface area contributed by atoms with Crippen molar-refractivity contribution in [2.24, 2.45) is 0 Å². The molecule has 1 unspecified atom stereocenters. The Morgan fingerprint density at radius 2 is 2.14 bits per heavy atom. The molecule has 0 amide bonds. The van der Waals surface area contributed by atoms with E-state index in [2.05, 4.69) is 0 Å². The number of hydrogen-bond acceptors (Lipinski definition) is 2. The Hall–Kier alpha value is 0.240. The van der Waals surface area contributed by atoms with Gasteiger partial charge >= 0.3 is 0 Å². The van der Waals surface area contributed by atoms with E-state index in [4.69, 9.17) is 11.6 Å². The summed E-state index contributed by atoms with van der Waals surface area (Å²) in [6.07, 6.45) is 0.486. The zero-order valence-electron chi connectivity index (χ0n) is 3.93. The summed E-state index contributed by atoms with van der Waals surface area (Å²) in [6, 6.07) is 0. The zero-order chi connectivity index (χ0) is 5.86. The molecule has 0 rings (SSSR count). The average Bonchev–Trinajstić information content (AvgIpc) is 1.65. The third-order valence-electron chi connectivity index (χ3n) is 0.566. The van der Waals surface area contributed by atoms with Crippen LogP contribution in [0.15, 0.2) is 0 Å². The van der Waals surface area contributed by atoms with Gasteiger partial charge in [0.05, 0.1) is 0 Å². The van der Waals surface area contributed by atoms with Gasteiger partial charge in [-0.1, -0.05) is 6.92 Å². The smallest absolute Gasteiger partial charge is 0.156 e. The van der Waals surface area contributed by atoms with Crippen molar-refractivity contribution in [1.29, 1.82) is 0 Å². The van der Waals surface area contributed by atoms with Crippen molar-refractivity contribution >= 4 is 22.3 Å². The zero-order valence-corrected chi connectivity index (χ0v) is 5.58. The largest absolute Gasteiger partial charge is 0.230 e. The first-order valence-electron chi connectivity index (χ1n) is 1.96. The van der Waals surface area contributed by atoms with Crippen molar-refractivity contribution < 1.29 is 8.42 Å². The number of rotatable bonds is 2. The molecule has 0 heterocycles. The van der Waals surface area contributed by atoms with Gasteiger partial charge in [-0.15, -0.1) is 11.6 Å². The molecule has 0 aromatic heterocycles. The molecular weight excluding hydrogens is 136 g/mol. The van der Waals surface area contributed by atoms with E-state index < -0.39 is 15.4 Å². The van der Waals surface area contributed by atoms with Crippen LogP contribution < -0.4 is 0 Å². The van der Waals surface area contributed by atoms with Gasteiger partial charge in [0.25, 0.3) is 0 Å². The van der Waals surface area contributed by atoms with Gasteiger partial charge < -0.3 is 0 Å². The van der Waals surface area contributed by atoms with Crippen molar-refractivity contribution in [2.75, 3.05) is 0 Å². The first-order valence-corrected chi connectivity index (χ1v) is 3.64. The molecule has 0 aliphatic heterocycles. The van der Waals surface area contributed by atoms with Gasteiger partial charge in [0.2, 0.25) is 0 Å². The van der Waals surface area contributed by atoms with Crippen LogP contribution in [-0.2, 0) is 10.7 Å². The highest BCUT2D eigenvalue weighted by molar-refractivity contribution is 7.74. The fraction of sp³-hybridized carbons (Fsp3) is 1.00. The SMILES string of the molecule is CCC(Cl)[SH](=O)=O. The first kappa shape index (κ1) is 7.24. The minimum atomic E-state index is -2.40. The summed E-state index contributed by atoms with van der Waals surface area (Å²) in [4.78, 5) is 0. The molecule has 1 atom stereocenters. The first-order chi connectivity index (χ1) is 3.18. The second-order valence-electron chi connectivity index (χ2n) is 1.13. The molecule has 0 spiro atoms. The maximum Gasteiger partial charge on any atom is 0.156 e. The lowest BCUT2D eigenvalue weighted by Gasteiger charge is -1.89. The minimum absolute atomic E-state index is 0.486. The lowest BCUT2D eigenvalue weighted by atomic mass is 10.6. The molecule has 0 fully saturated rings. The maximum absolute atomic E-state index is 9.84. The number of thiol groups is 1. The molecule has 4 heteroatoms. The van der Waals surface area contributed by atoms with Crippen LogP contribution in [0.1, 0.15) is 13.3 Å². The van der Waals surface area contributed by atoms with E-state index in [1.807, 2.05) is 0 Å². The summed E-state index contributed by atoms with van der Waals surface area (Å²) in [5.74, 6) is 0. The lowest BCUT2D eigenvalue weighted by Crippen LogP contribution is -1.95. The van der Waals surface area contributed by atoms with Crippen LogP contribution in [0.2, 0.25) is 0 Å². The molecule has 0 radical (unpaired) electrons. The highest BCUT2D eigenvalue weighted by Crippen LogP contribution is 1.99. The van der Waals surface area contributed by atoms with Gasteiger partial charge in [-0.25, -0.2) is 8.42 Å². The van der Waals surface area contributed by atoms with Crippen LogP contribution in [0.5, 0.6) is 0 Å². The standard InChI is InChI=1S/C3H7ClO2S/c1-2-3(4)7(5)6/h3,7H,2H2,1H3. The van der Waals surface area contributed by atoms with Crippen LogP contribution in [0.3, 0.4) is 0 Å². The molecule has 0 aliphatic carbocycles. The minimum Gasteiger partial charge on any atom is -0.230 e. The van der Waals surface area contributed by atoms with Crippen LogP contribution >= 0.6 is 11.6 Å². The number of halogens is 1. The summed E-state index contributed by atoms with van der Waals surface area (Å²) in [5.41, 5.74) is 0. The fourth-order valence-electron chi connectivity index (χ4n) is 0.149. The van der Waals surface area contributed by atoms with Crippen LogP contribution in [0.4, 0.5) is 0 Å². The third-order valence-corrected chi connectivity index (χ3v) is 2.17. The van der Waals surface area contributed by atoms with E-state index in [1.54, 1.807) is 6.92 Å². The Morgan fingerprint density at radius 3 is 2.14 bits per heavy atom. The highest BCUT2D eigenvalue weighted by atomic mass is 35.5. The maximum atomic E-state index is 9.84. The van der Waals surface area contributed by atoms with Crippen molar-refractivity contribution in [2.45, 2.75) is 18.1 Å². The van der Waals surface area contributed by atoms with Gasteiger partial charge in [0, 0.05) is 0 Å². The van der Waals surface area contributed by atoms with E-state index in [0.717, 1.165) is 0 Å². The van der Waals surface area contributed by atoms with E-state index in [9.17, 15) is 8.42 Å². The van der Waals surface area contributed by atoms with E-state index in [-0.39, 0.29) is 0 Å². The van der Waals surface area contributed by atoms with E-state index in [1.165, 1.54) is 0 Å². The summed E-state index contributed by atoms with van der Waals surface area (Å²) in [6.45, 7) is 1.72. The summed E-state index contributed by atoms with van der Waals surface area (Å²) >= 11 is 5.20. The van der Waals surface area contributed by atoms with Gasteiger partial charge in [0.15, 0.2) is 10.7 Å². The molecule has 0 N–H and O–H groups in total. The predicted molar refractivity (Wildman–Crippen MR) is 30.2 cm³/mol. The Morgan fingerprint density at radius 1 is 1.71 bits per heavy atom. The van der Waals surface area contributed by atoms with Gasteiger partial charge in [-0.3, -0.25) is 0 Å². The van der Waals surface area contributed by atoms with Crippen molar-refractivity contribution in [3.05, 3.63) is 0 Å². The van der Waals surface area contributed by atoms with Crippen LogP contribution in [0.25, 0.3) is 0 Å². The summed E-state index contributed by atoms with van der Waals surface area (Å²) in [5, 5.41) is 0. The molecule has 0 saturated heterocycles. The Balaban J connectivity index is 3.57. The molecule has 0 aliphatic rings. The average molecular weight is 143 g/mol. The molecule has 2 nitrogen and oxygen atoms in total. The molecule has 44 valence electrons. The molecule has 0 bridgehead atoms. The van der Waals surface area contributed by atoms with Crippen molar-refractivity contribution in [1.82, 2.24) is 0 Å². The van der Waals surface area contributed by atoms with Crippen LogP contribution in [0, 0.1) is 0 Å². The van der Waals surface area contributed by atoms with Crippen molar-refractivity contribution in [3.8, 4) is 0 Å².